The highest BCUT2D eigenvalue weighted by molar-refractivity contribution is 5.72. The maximum absolute atomic E-state index is 8.31. The Morgan fingerprint density at radius 3 is 2.50 bits per heavy atom. The Morgan fingerprint density at radius 1 is 1.50 bits per heavy atom. The smallest absolute Gasteiger partial charge is 0.304 e. The topological polar surface area (TPSA) is 46.7 Å². The van der Waals surface area contributed by atoms with Crippen LogP contribution in [0.3, 0.4) is 0 Å². The molecule has 3 heteroatoms. The summed E-state index contributed by atoms with van der Waals surface area (Å²) in [5.74, 6) is 0. The predicted octanol–water partition coefficient (Wildman–Crippen LogP) is -0.482. The number of nitrogens with zero attached hydrogens (tertiary/aromatic N) is 2. The summed E-state index contributed by atoms with van der Waals surface area (Å²) < 4.78 is 0. The summed E-state index contributed by atoms with van der Waals surface area (Å²) in [5, 5.41) is 11.9. The molecule has 0 aromatic carbocycles. The largest absolute Gasteiger partial charge is 0.480 e. The van der Waals surface area contributed by atoms with Crippen LogP contribution in [0.2, 0.25) is 0 Å². The van der Waals surface area contributed by atoms with Crippen molar-refractivity contribution in [3.63, 3.8) is 0 Å². The van der Waals surface area contributed by atoms with Crippen molar-refractivity contribution >= 4 is 6.02 Å². The van der Waals surface area contributed by atoms with Crippen LogP contribution in [0.4, 0.5) is 0 Å². The van der Waals surface area contributed by atoms with E-state index in [1.54, 1.807) is 0 Å². The summed E-state index contributed by atoms with van der Waals surface area (Å²) in [5.41, 5.74) is 0. The van der Waals surface area contributed by atoms with E-state index in [1.165, 1.54) is 0 Å². The molecule has 1 rings (SSSR count). The van der Waals surface area contributed by atoms with E-state index in [0.717, 1.165) is 0 Å². The molecule has 3 nitrogen and oxygen atoms in total. The van der Waals surface area contributed by atoms with E-state index in [1.807, 2.05) is 0 Å². The molecule has 0 aromatic heterocycles. The van der Waals surface area contributed by atoms with E-state index in [9.17, 15) is 0 Å². The Labute approximate surface area is 35.7 Å². The maximum Gasteiger partial charge on any atom is 0.304 e. The second-order valence-corrected chi connectivity index (χ2v) is 1.06. The first-order chi connectivity index (χ1) is 2.89. The average molecular weight is 85.1 g/mol. The molecule has 0 fully saturated rings. The van der Waals surface area contributed by atoms with Gasteiger partial charge in [0.1, 0.15) is 0 Å². The van der Waals surface area contributed by atoms with E-state index in [-0.39, 0.29) is 6.02 Å². The Kier molecular flexibility index (Phi) is 0.670. The molecule has 1 heterocycles. The molecule has 0 saturated carbocycles. The summed E-state index contributed by atoms with van der Waals surface area (Å²) in [6, 6.07) is -0.0463. The quantitative estimate of drug-likeness (QED) is 0.424. The van der Waals surface area contributed by atoms with Gasteiger partial charge in [0.05, 0.1) is 13.1 Å². The van der Waals surface area contributed by atoms with Crippen molar-refractivity contribution in [1.82, 2.24) is 5.32 Å². The first kappa shape index (κ1) is 3.46. The van der Waals surface area contributed by atoms with Gasteiger partial charge >= 0.3 is 6.02 Å². The van der Waals surface area contributed by atoms with Crippen LogP contribution in [0.5, 0.6) is 0 Å². The minimum atomic E-state index is -0.0463. The van der Waals surface area contributed by atoms with Crippen molar-refractivity contribution in [3.8, 4) is 0 Å². The highest BCUT2D eigenvalue weighted by Gasteiger charge is 2.00. The third-order valence-corrected chi connectivity index (χ3v) is 0.606. The minimum Gasteiger partial charge on any atom is -0.480 e. The van der Waals surface area contributed by atoms with Gasteiger partial charge in [-0.05, 0) is 0 Å². The van der Waals surface area contributed by atoms with Crippen molar-refractivity contribution in [2.45, 2.75) is 0 Å². The molecule has 1 aliphatic rings. The van der Waals surface area contributed by atoms with Crippen molar-refractivity contribution in [2.75, 3.05) is 13.1 Å². The molecule has 1 N–H and O–H groups in total. The van der Waals surface area contributed by atoms with Crippen LogP contribution >= 0.6 is 0 Å². The summed E-state index contributed by atoms with van der Waals surface area (Å²) >= 11 is 0. The van der Waals surface area contributed by atoms with Crippen LogP contribution in [0, 0.1) is 0 Å². The Bertz CT molecular complexity index is 78.9. The Hall–Kier alpha value is -0.730. The molecule has 0 unspecified atom stereocenters. The lowest BCUT2D eigenvalue weighted by molar-refractivity contribution is 0.526. The summed E-state index contributed by atoms with van der Waals surface area (Å²) in [6.07, 6.45) is 0. The van der Waals surface area contributed by atoms with Crippen LogP contribution in [-0.2, 0) is 0 Å². The van der Waals surface area contributed by atoms with E-state index < -0.39 is 0 Å². The molecular weight excluding hydrogens is 80.0 g/mol. The monoisotopic (exact) mass is 85.0 g/mol. The van der Waals surface area contributed by atoms with Crippen molar-refractivity contribution < 1.29 is 5.11 Å². The standard InChI is InChI=1S/C3H5N2O/c6-3-4-1-2-5-3/h1-2H2,(H,4,6). The van der Waals surface area contributed by atoms with Crippen molar-refractivity contribution in [3.05, 3.63) is 0 Å². The fourth-order valence-corrected chi connectivity index (χ4v) is 0.350. The number of hydrogen-bond acceptors (Lipinski definition) is 1. The highest BCUT2D eigenvalue weighted by Crippen LogP contribution is 1.79. The first-order valence-corrected chi connectivity index (χ1v) is 1.80. The predicted molar refractivity (Wildman–Crippen MR) is 21.9 cm³/mol. The summed E-state index contributed by atoms with van der Waals surface area (Å²) in [4.78, 5) is 3.54. The number of aliphatic imine (C=N–C) groups is 1. The summed E-state index contributed by atoms with van der Waals surface area (Å²) in [7, 11) is 0. The lowest BCUT2D eigenvalue weighted by atomic mass is 10.7. The van der Waals surface area contributed by atoms with Crippen molar-refractivity contribution in [2.24, 2.45) is 4.99 Å². The second kappa shape index (κ2) is 1.16. The van der Waals surface area contributed by atoms with Crippen LogP contribution < -0.4 is 5.32 Å². The van der Waals surface area contributed by atoms with Crippen molar-refractivity contribution in [1.29, 1.82) is 0 Å². The Balaban J connectivity index is 2.45. The molecule has 0 amide bonds. The Morgan fingerprint density at radius 2 is 2.33 bits per heavy atom. The number of aliphatic hydroxyl groups is 1. The highest BCUT2D eigenvalue weighted by atomic mass is 16.3. The number of amidine groups is 1. The van der Waals surface area contributed by atoms with E-state index >= 15 is 0 Å². The van der Waals surface area contributed by atoms with Crippen LogP contribution in [-0.4, -0.2) is 24.2 Å². The minimum absolute atomic E-state index is 0.0463. The lowest BCUT2D eigenvalue weighted by Gasteiger charge is -1.79. The number of rotatable bonds is 0. The van der Waals surface area contributed by atoms with E-state index in [4.69, 9.17) is 5.11 Å². The van der Waals surface area contributed by atoms with Gasteiger partial charge in [-0.2, -0.15) is 0 Å². The second-order valence-electron chi connectivity index (χ2n) is 1.06. The van der Waals surface area contributed by atoms with Crippen LogP contribution in [0.15, 0.2) is 4.99 Å². The van der Waals surface area contributed by atoms with E-state index in [0.29, 0.717) is 13.1 Å². The van der Waals surface area contributed by atoms with Gasteiger partial charge < -0.3 is 5.11 Å². The fourth-order valence-electron chi connectivity index (χ4n) is 0.350. The summed E-state index contributed by atoms with van der Waals surface area (Å²) in [6.45, 7) is 1.32. The molecule has 0 aliphatic carbocycles. The lowest BCUT2D eigenvalue weighted by Crippen LogP contribution is -2.07. The SMILES string of the molecule is OC1=NCC[N]1. The fraction of sp³-hybridized carbons (Fsp3) is 0.667. The molecule has 1 aliphatic heterocycles. The van der Waals surface area contributed by atoms with Gasteiger partial charge in [-0.1, -0.05) is 0 Å². The van der Waals surface area contributed by atoms with Crippen LogP contribution in [0.1, 0.15) is 0 Å². The molecular formula is C3H5N2O. The van der Waals surface area contributed by atoms with Gasteiger partial charge in [-0.3, -0.25) is 0 Å². The molecule has 1 radical (unpaired) electrons. The third kappa shape index (κ3) is 0.429. The third-order valence-electron chi connectivity index (χ3n) is 0.606. The molecule has 0 aromatic rings. The average Bonchev–Trinajstić information content (AvgIpc) is 1.86. The number of hydrogen-bond donors (Lipinski definition) is 1. The van der Waals surface area contributed by atoms with E-state index in [2.05, 4.69) is 10.3 Å². The number of aliphatic hydroxyl groups excluding tert-OH is 1. The van der Waals surface area contributed by atoms with Crippen LogP contribution in [0.25, 0.3) is 0 Å². The molecule has 0 saturated heterocycles. The first-order valence-electron chi connectivity index (χ1n) is 1.80. The van der Waals surface area contributed by atoms with Gasteiger partial charge in [-0.25, -0.2) is 10.3 Å². The zero-order valence-electron chi connectivity index (χ0n) is 3.26. The van der Waals surface area contributed by atoms with Gasteiger partial charge in [0.15, 0.2) is 0 Å². The van der Waals surface area contributed by atoms with Gasteiger partial charge in [0, 0.05) is 0 Å². The molecule has 6 heavy (non-hydrogen) atoms. The maximum atomic E-state index is 8.31. The van der Waals surface area contributed by atoms with Gasteiger partial charge in [0.2, 0.25) is 0 Å². The molecule has 0 spiro atoms. The molecule has 33 valence electrons. The zero-order valence-corrected chi connectivity index (χ0v) is 3.26. The normalized spacial score (nSPS) is 19.7. The zero-order chi connectivity index (χ0) is 4.41. The van der Waals surface area contributed by atoms with Gasteiger partial charge in [0.25, 0.3) is 0 Å². The van der Waals surface area contributed by atoms with Gasteiger partial charge in [-0.15, -0.1) is 0 Å². The molecule has 0 atom stereocenters. The molecule has 0 bridgehead atoms.